The van der Waals surface area contributed by atoms with Gasteiger partial charge in [0.05, 0.1) is 25.4 Å². The van der Waals surface area contributed by atoms with Gasteiger partial charge in [0.25, 0.3) is 0 Å². The van der Waals surface area contributed by atoms with Crippen molar-refractivity contribution in [3.8, 4) is 22.8 Å². The van der Waals surface area contributed by atoms with Gasteiger partial charge in [-0.15, -0.1) is 0 Å². The van der Waals surface area contributed by atoms with E-state index in [0.29, 0.717) is 0 Å². The van der Waals surface area contributed by atoms with Gasteiger partial charge < -0.3 is 14.0 Å². The zero-order chi connectivity index (χ0) is 16.8. The topological polar surface area (TPSA) is 40.5 Å². The fourth-order valence-electron chi connectivity index (χ4n) is 3.80. The smallest absolute Gasteiger partial charge is 0.152 e. The summed E-state index contributed by atoms with van der Waals surface area (Å²) in [6.07, 6.45) is 1.87. The third kappa shape index (κ3) is 1.96. The zero-order valence-electron chi connectivity index (χ0n) is 14.0. The van der Waals surface area contributed by atoms with Gasteiger partial charge in [-0.3, -0.25) is 4.79 Å². The molecule has 1 aliphatic heterocycles. The summed E-state index contributed by atoms with van der Waals surface area (Å²) in [6.45, 7) is 2.18. The van der Waals surface area contributed by atoms with Crippen molar-refractivity contribution in [2.45, 2.75) is 19.4 Å². The minimum atomic E-state index is 0.253. The Balaban J connectivity index is 2.09. The van der Waals surface area contributed by atoms with Crippen molar-refractivity contribution in [3.05, 3.63) is 47.5 Å². The first-order chi connectivity index (χ1) is 11.7. The SMILES string of the molecule is COc1ccc2c(c1)CC(C)n1c-2c(C=O)c2ccc(OC)cc21. The summed E-state index contributed by atoms with van der Waals surface area (Å²) in [7, 11) is 3.33. The monoisotopic (exact) mass is 321 g/mol. The van der Waals surface area contributed by atoms with Crippen LogP contribution in [0.3, 0.4) is 0 Å². The Morgan fingerprint density at radius 2 is 1.79 bits per heavy atom. The van der Waals surface area contributed by atoms with Gasteiger partial charge >= 0.3 is 0 Å². The highest BCUT2D eigenvalue weighted by atomic mass is 16.5. The zero-order valence-corrected chi connectivity index (χ0v) is 14.0. The average molecular weight is 321 g/mol. The maximum Gasteiger partial charge on any atom is 0.152 e. The molecule has 1 aromatic heterocycles. The number of carbonyl (C=O) groups excluding carboxylic acids is 1. The van der Waals surface area contributed by atoms with Crippen LogP contribution < -0.4 is 9.47 Å². The second-order valence-electron chi connectivity index (χ2n) is 6.21. The number of fused-ring (bicyclic) bond motifs is 5. The number of methoxy groups -OCH3 is 2. The molecule has 0 bridgehead atoms. The number of benzene rings is 2. The maximum absolute atomic E-state index is 11.9. The molecular weight excluding hydrogens is 302 g/mol. The molecule has 0 aliphatic carbocycles. The van der Waals surface area contributed by atoms with E-state index in [1.807, 2.05) is 24.3 Å². The van der Waals surface area contributed by atoms with Crippen LogP contribution in [-0.4, -0.2) is 25.1 Å². The van der Waals surface area contributed by atoms with E-state index in [2.05, 4.69) is 23.6 Å². The number of rotatable bonds is 3. The van der Waals surface area contributed by atoms with Crippen molar-refractivity contribution < 1.29 is 14.3 Å². The van der Waals surface area contributed by atoms with Crippen molar-refractivity contribution in [1.29, 1.82) is 0 Å². The Bertz CT molecular complexity index is 955. The van der Waals surface area contributed by atoms with Crippen molar-refractivity contribution in [2.75, 3.05) is 14.2 Å². The van der Waals surface area contributed by atoms with E-state index in [-0.39, 0.29) is 6.04 Å². The normalized spacial score (nSPS) is 15.7. The Labute approximate surface area is 140 Å². The maximum atomic E-state index is 11.9. The number of aldehydes is 1. The van der Waals surface area contributed by atoms with Gasteiger partial charge in [-0.05, 0) is 49.2 Å². The fourth-order valence-corrected chi connectivity index (χ4v) is 3.80. The molecule has 4 nitrogen and oxygen atoms in total. The van der Waals surface area contributed by atoms with Crippen LogP contribution in [0.5, 0.6) is 11.5 Å². The van der Waals surface area contributed by atoms with Gasteiger partial charge in [0.15, 0.2) is 6.29 Å². The summed E-state index contributed by atoms with van der Waals surface area (Å²) < 4.78 is 13.0. The van der Waals surface area contributed by atoms with Gasteiger partial charge in [-0.25, -0.2) is 0 Å². The lowest BCUT2D eigenvalue weighted by Crippen LogP contribution is -2.16. The number of hydrogen-bond acceptors (Lipinski definition) is 3. The molecule has 0 saturated carbocycles. The van der Waals surface area contributed by atoms with E-state index in [1.165, 1.54) is 5.56 Å². The molecule has 4 heteroatoms. The third-order valence-corrected chi connectivity index (χ3v) is 4.89. The van der Waals surface area contributed by atoms with Crippen LogP contribution in [0.2, 0.25) is 0 Å². The van der Waals surface area contributed by atoms with Gasteiger partial charge in [-0.2, -0.15) is 0 Å². The summed E-state index contributed by atoms with van der Waals surface area (Å²) >= 11 is 0. The van der Waals surface area contributed by atoms with Crippen molar-refractivity contribution in [3.63, 3.8) is 0 Å². The molecular formula is C20H19NO3. The molecule has 1 unspecified atom stereocenters. The van der Waals surface area contributed by atoms with E-state index in [0.717, 1.165) is 51.9 Å². The molecule has 0 amide bonds. The van der Waals surface area contributed by atoms with E-state index in [9.17, 15) is 4.79 Å². The second kappa shape index (κ2) is 5.41. The van der Waals surface area contributed by atoms with Crippen molar-refractivity contribution in [2.24, 2.45) is 0 Å². The van der Waals surface area contributed by atoms with Crippen LogP contribution in [0.15, 0.2) is 36.4 Å². The van der Waals surface area contributed by atoms with Crippen molar-refractivity contribution in [1.82, 2.24) is 4.57 Å². The predicted octanol–water partition coefficient (Wildman–Crippen LogP) is 4.26. The summed E-state index contributed by atoms with van der Waals surface area (Å²) in [5.74, 6) is 1.65. The number of aromatic nitrogens is 1. The Morgan fingerprint density at radius 3 is 2.50 bits per heavy atom. The molecule has 0 fully saturated rings. The van der Waals surface area contributed by atoms with Crippen LogP contribution in [-0.2, 0) is 6.42 Å². The second-order valence-corrected chi connectivity index (χ2v) is 6.21. The summed E-state index contributed by atoms with van der Waals surface area (Å²) in [6, 6.07) is 12.2. The van der Waals surface area contributed by atoms with E-state index < -0.39 is 0 Å². The summed E-state index contributed by atoms with van der Waals surface area (Å²) in [5, 5.41) is 0.969. The first-order valence-electron chi connectivity index (χ1n) is 8.02. The van der Waals surface area contributed by atoms with E-state index in [1.54, 1.807) is 14.2 Å². The number of hydrogen-bond donors (Lipinski definition) is 0. The molecule has 3 aromatic rings. The molecule has 0 N–H and O–H groups in total. The summed E-state index contributed by atoms with van der Waals surface area (Å²) in [5.41, 5.74) is 5.09. The Kier molecular flexibility index (Phi) is 3.34. The van der Waals surface area contributed by atoms with Crippen molar-refractivity contribution >= 4 is 17.2 Å². The largest absolute Gasteiger partial charge is 0.497 e. The quantitative estimate of drug-likeness (QED) is 0.677. The van der Waals surface area contributed by atoms with Crippen LogP contribution in [0.1, 0.15) is 28.9 Å². The van der Waals surface area contributed by atoms with Crippen LogP contribution in [0.4, 0.5) is 0 Å². The van der Waals surface area contributed by atoms with Gasteiger partial charge in [0, 0.05) is 28.6 Å². The fraction of sp³-hybridized carbons (Fsp3) is 0.250. The van der Waals surface area contributed by atoms with Crippen LogP contribution in [0, 0.1) is 0 Å². The van der Waals surface area contributed by atoms with E-state index in [4.69, 9.17) is 9.47 Å². The minimum Gasteiger partial charge on any atom is -0.497 e. The molecule has 1 atom stereocenters. The number of nitrogens with zero attached hydrogens (tertiary/aromatic N) is 1. The molecule has 0 spiro atoms. The lowest BCUT2D eigenvalue weighted by molar-refractivity contribution is 0.112. The highest BCUT2D eigenvalue weighted by Gasteiger charge is 2.28. The van der Waals surface area contributed by atoms with Crippen LogP contribution in [0.25, 0.3) is 22.2 Å². The highest BCUT2D eigenvalue weighted by Crippen LogP contribution is 2.43. The number of ether oxygens (including phenoxy) is 2. The molecule has 0 radical (unpaired) electrons. The molecule has 1 aliphatic rings. The lowest BCUT2D eigenvalue weighted by atomic mass is 9.92. The first-order valence-corrected chi connectivity index (χ1v) is 8.02. The molecule has 2 aromatic carbocycles. The number of carbonyl (C=O) groups is 1. The highest BCUT2D eigenvalue weighted by molar-refractivity contribution is 6.06. The Hall–Kier alpha value is -2.75. The van der Waals surface area contributed by atoms with Gasteiger partial charge in [0.1, 0.15) is 11.5 Å². The van der Waals surface area contributed by atoms with Gasteiger partial charge in [-0.1, -0.05) is 0 Å². The molecule has 4 rings (SSSR count). The molecule has 2 heterocycles. The van der Waals surface area contributed by atoms with E-state index >= 15 is 0 Å². The molecule has 24 heavy (non-hydrogen) atoms. The standard InChI is InChI=1S/C20H19NO3/c1-12-8-13-9-14(23-2)4-6-16(13)20-18(11-22)17-7-5-15(24-3)10-19(17)21(12)20/h4-7,9-12H,8H2,1-3H3. The summed E-state index contributed by atoms with van der Waals surface area (Å²) in [4.78, 5) is 11.9. The third-order valence-electron chi connectivity index (χ3n) is 4.89. The predicted molar refractivity (Wildman–Crippen MR) is 94.3 cm³/mol. The first kappa shape index (κ1) is 14.8. The lowest BCUT2D eigenvalue weighted by Gasteiger charge is -2.27. The Morgan fingerprint density at radius 1 is 1.08 bits per heavy atom. The molecule has 0 saturated heterocycles. The minimum absolute atomic E-state index is 0.253. The average Bonchev–Trinajstić information content (AvgIpc) is 2.95. The van der Waals surface area contributed by atoms with Crippen LogP contribution >= 0.6 is 0 Å². The molecule has 122 valence electrons. The van der Waals surface area contributed by atoms with Gasteiger partial charge in [0.2, 0.25) is 0 Å².